The highest BCUT2D eigenvalue weighted by atomic mass is 32.2. The summed E-state index contributed by atoms with van der Waals surface area (Å²) in [6, 6.07) is 62.3. The average molecular weight is 1040 g/mol. The molecular weight excluding hydrogens is 964 g/mol. The Bertz CT molecular complexity index is 3770. The van der Waals surface area contributed by atoms with Gasteiger partial charge >= 0.3 is 0 Å². The van der Waals surface area contributed by atoms with Crippen molar-refractivity contribution in [2.75, 3.05) is 14.7 Å². The van der Waals surface area contributed by atoms with E-state index in [9.17, 15) is 0 Å². The Morgan fingerprint density at radius 2 is 0.974 bits per heavy atom. The molecule has 1 aromatic heterocycles. The van der Waals surface area contributed by atoms with E-state index in [1.54, 1.807) is 0 Å². The summed E-state index contributed by atoms with van der Waals surface area (Å²) in [5.41, 5.74) is 24.3. The first-order valence-corrected chi connectivity index (χ1v) is 29.4. The number of hydrogen-bond acceptors (Lipinski definition) is 4. The molecule has 8 aromatic carbocycles. The van der Waals surface area contributed by atoms with Crippen molar-refractivity contribution >= 4 is 96.7 Å². The number of aryl methyl sites for hydroxylation is 2. The monoisotopic (exact) mass is 1040 g/mol. The minimum Gasteiger partial charge on any atom is -0.343 e. The van der Waals surface area contributed by atoms with Gasteiger partial charge in [0.05, 0.1) is 22.9 Å². The van der Waals surface area contributed by atoms with E-state index in [0.717, 1.165) is 17.1 Å². The van der Waals surface area contributed by atoms with Gasteiger partial charge in [-0.3, -0.25) is 0 Å². The number of benzene rings is 8. The summed E-state index contributed by atoms with van der Waals surface area (Å²) in [5.74, 6) is 0. The molecule has 0 saturated heterocycles. The van der Waals surface area contributed by atoms with Crippen LogP contribution >= 0.6 is 11.8 Å². The summed E-state index contributed by atoms with van der Waals surface area (Å²) in [6.07, 6.45) is 0. The molecule has 78 heavy (non-hydrogen) atoms. The molecule has 0 spiro atoms. The highest BCUT2D eigenvalue weighted by Crippen LogP contribution is 2.58. The van der Waals surface area contributed by atoms with Gasteiger partial charge in [-0.15, -0.1) is 11.8 Å². The van der Waals surface area contributed by atoms with Crippen LogP contribution in [0.3, 0.4) is 0 Å². The molecule has 0 N–H and O–H groups in total. The van der Waals surface area contributed by atoms with Gasteiger partial charge in [0, 0.05) is 67.5 Å². The van der Waals surface area contributed by atoms with Crippen LogP contribution in [0.1, 0.15) is 149 Å². The van der Waals surface area contributed by atoms with Gasteiger partial charge in [-0.2, -0.15) is 0 Å². The number of para-hydroxylation sites is 1. The van der Waals surface area contributed by atoms with Gasteiger partial charge in [0.15, 0.2) is 0 Å². The van der Waals surface area contributed by atoms with Crippen LogP contribution in [0.4, 0.5) is 45.5 Å². The van der Waals surface area contributed by atoms with Crippen LogP contribution in [0, 0.1) is 6.92 Å². The first-order valence-electron chi connectivity index (χ1n) is 28.5. The SMILES string of the molecule is Cc1cc2c3c(c1)N(c1ccc(C(C)(C)C)cc1)C1c4cc(C(C)(C)C)ccc4SC1B3c1cc(C(C)(C)C)ccc1N2c1cc(N(c2ccc(C(C)(C)C)cc2)c2ccc(C(C)(C)C)cc2)cc2c1c1ccccc1n2C. The summed E-state index contributed by atoms with van der Waals surface area (Å²) < 4.78 is 2.43. The van der Waals surface area contributed by atoms with Crippen LogP contribution < -0.4 is 25.6 Å². The Balaban J connectivity index is 1.18. The van der Waals surface area contributed by atoms with Crippen molar-refractivity contribution in [1.82, 2.24) is 4.57 Å². The molecule has 0 radical (unpaired) electrons. The Morgan fingerprint density at radius 1 is 0.462 bits per heavy atom. The minimum atomic E-state index is -0.0626. The largest absolute Gasteiger partial charge is 0.343 e. The number of nitrogens with zero attached hydrogens (tertiary/aromatic N) is 4. The predicted octanol–water partition coefficient (Wildman–Crippen LogP) is 18.9. The zero-order chi connectivity index (χ0) is 55.3. The molecule has 4 heterocycles. The zero-order valence-electron chi connectivity index (χ0n) is 49.4. The summed E-state index contributed by atoms with van der Waals surface area (Å²) in [4.78, 5) is 9.34. The van der Waals surface area contributed by atoms with E-state index in [1.807, 2.05) is 0 Å². The molecule has 0 amide bonds. The Hall–Kier alpha value is -6.63. The molecule has 2 unspecified atom stereocenters. The fourth-order valence-corrected chi connectivity index (χ4v) is 14.5. The summed E-state index contributed by atoms with van der Waals surface area (Å²) in [6.45, 7) is 37.4. The van der Waals surface area contributed by atoms with Crippen LogP contribution in [0.2, 0.25) is 0 Å². The standard InChI is InChI=1S/C72H79BN4S/c1-44-38-61-65-62(39-44)77(60-43-53(42-59-64(60)54-20-18-19-21-57(54)74(59)17)75(50-30-22-45(23-31-50)68(2,3)4)51-32-24-46(25-33-51)69(5,6)7)58-36-28-49(72(14,15)16)41-56(58)73(65)67-66(55-40-48(71(11,12)13)29-37-63(55)78-67)76(61)52-34-26-47(27-35-52)70(8,9)10/h18-43,66-67H,1-17H3. The molecule has 0 bridgehead atoms. The van der Waals surface area contributed by atoms with Crippen LogP contribution in [0.25, 0.3) is 21.8 Å². The Labute approximate surface area is 471 Å². The van der Waals surface area contributed by atoms with E-state index in [0.29, 0.717) is 0 Å². The molecule has 0 fully saturated rings. The zero-order valence-corrected chi connectivity index (χ0v) is 50.3. The fraction of sp³-hybridized carbons (Fsp3) is 0.333. The van der Waals surface area contributed by atoms with Crippen LogP contribution in [-0.4, -0.2) is 16.4 Å². The molecule has 0 saturated carbocycles. The third-order valence-electron chi connectivity index (χ3n) is 17.4. The number of aromatic nitrogens is 1. The highest BCUT2D eigenvalue weighted by Gasteiger charge is 2.54. The lowest BCUT2D eigenvalue weighted by Crippen LogP contribution is -2.62. The second-order valence-electron chi connectivity index (χ2n) is 28.1. The molecule has 3 aliphatic heterocycles. The molecule has 2 atom stereocenters. The summed E-state index contributed by atoms with van der Waals surface area (Å²) >= 11 is 2.11. The number of fused-ring (bicyclic) bond motifs is 9. The molecule has 0 aliphatic carbocycles. The maximum atomic E-state index is 2.76. The van der Waals surface area contributed by atoms with Gasteiger partial charge in [0.2, 0.25) is 6.71 Å². The second kappa shape index (κ2) is 17.9. The van der Waals surface area contributed by atoms with Crippen molar-refractivity contribution < 1.29 is 0 Å². The van der Waals surface area contributed by atoms with Crippen molar-refractivity contribution in [3.63, 3.8) is 0 Å². The molecule has 396 valence electrons. The Kier molecular flexibility index (Phi) is 12.0. The normalized spacial score (nSPS) is 16.4. The van der Waals surface area contributed by atoms with E-state index in [2.05, 4.69) is 307 Å². The lowest BCUT2D eigenvalue weighted by molar-refractivity contribution is 0.587. The van der Waals surface area contributed by atoms with Crippen LogP contribution in [0.5, 0.6) is 0 Å². The van der Waals surface area contributed by atoms with Gasteiger partial charge in [-0.1, -0.05) is 183 Å². The molecular formula is C72H79BN4S. The van der Waals surface area contributed by atoms with Gasteiger partial charge in [0.1, 0.15) is 0 Å². The van der Waals surface area contributed by atoms with E-state index >= 15 is 0 Å². The minimum absolute atomic E-state index is 0.00959. The number of anilines is 8. The number of hydrogen-bond donors (Lipinski definition) is 0. The predicted molar refractivity (Wildman–Crippen MR) is 340 cm³/mol. The second-order valence-corrected chi connectivity index (χ2v) is 29.3. The Morgan fingerprint density at radius 3 is 1.55 bits per heavy atom. The van der Waals surface area contributed by atoms with Gasteiger partial charge < -0.3 is 19.3 Å². The average Bonchev–Trinajstić information content (AvgIpc) is 3.02. The van der Waals surface area contributed by atoms with E-state index in [4.69, 9.17) is 0 Å². The highest BCUT2D eigenvalue weighted by molar-refractivity contribution is 8.02. The van der Waals surface area contributed by atoms with Crippen molar-refractivity contribution in [2.24, 2.45) is 7.05 Å². The van der Waals surface area contributed by atoms with Crippen LogP contribution in [-0.2, 0) is 34.1 Å². The smallest absolute Gasteiger partial charge is 0.233 e. The third kappa shape index (κ3) is 8.58. The van der Waals surface area contributed by atoms with Crippen molar-refractivity contribution in [3.05, 3.63) is 197 Å². The first kappa shape index (κ1) is 52.1. The summed E-state index contributed by atoms with van der Waals surface area (Å²) in [7, 11) is 2.26. The molecule has 12 rings (SSSR count). The lowest BCUT2D eigenvalue weighted by Gasteiger charge is -2.49. The topological polar surface area (TPSA) is 14.7 Å². The number of thioether (sulfide) groups is 1. The van der Waals surface area contributed by atoms with Gasteiger partial charge in [0.25, 0.3) is 0 Å². The van der Waals surface area contributed by atoms with Crippen LogP contribution in [0.15, 0.2) is 163 Å². The van der Waals surface area contributed by atoms with Gasteiger partial charge in [-0.25, -0.2) is 0 Å². The number of rotatable bonds is 5. The lowest BCUT2D eigenvalue weighted by atomic mass is 9.33. The maximum absolute atomic E-state index is 2.76. The van der Waals surface area contributed by atoms with Crippen molar-refractivity contribution in [3.8, 4) is 0 Å². The third-order valence-corrected chi connectivity index (χ3v) is 18.8. The quantitative estimate of drug-likeness (QED) is 0.159. The summed E-state index contributed by atoms with van der Waals surface area (Å²) in [5, 5.41) is 2.71. The fourth-order valence-electron chi connectivity index (χ4n) is 12.9. The molecule has 4 nitrogen and oxygen atoms in total. The maximum Gasteiger partial charge on any atom is 0.233 e. The van der Waals surface area contributed by atoms with E-state index in [1.165, 1.54) is 105 Å². The van der Waals surface area contributed by atoms with Gasteiger partial charge in [-0.05, 0) is 163 Å². The molecule has 9 aromatic rings. The van der Waals surface area contributed by atoms with Crippen molar-refractivity contribution in [2.45, 2.75) is 154 Å². The molecule has 3 aliphatic rings. The van der Waals surface area contributed by atoms with Crippen molar-refractivity contribution in [1.29, 1.82) is 0 Å². The van der Waals surface area contributed by atoms with E-state index in [-0.39, 0.29) is 45.0 Å². The molecule has 6 heteroatoms. The van der Waals surface area contributed by atoms with E-state index < -0.39 is 0 Å². The first-order chi connectivity index (χ1) is 36.7.